The molecule has 1 fully saturated rings. The molecule has 8 heteroatoms. The number of carbonyl (C=O) groups is 1. The minimum atomic E-state index is -0.443. The van der Waals surface area contributed by atoms with Crippen molar-refractivity contribution in [3.05, 3.63) is 36.3 Å². The quantitative estimate of drug-likeness (QED) is 0.759. The Hall–Kier alpha value is -3.03. The first-order valence-electron chi connectivity index (χ1n) is 8.14. The molecule has 4 heterocycles. The molecular formula is C17H21FN6O. The molecule has 0 bridgehead atoms. The van der Waals surface area contributed by atoms with Gasteiger partial charge in [0.05, 0.1) is 11.6 Å². The number of piperidine rings is 1. The van der Waals surface area contributed by atoms with Crippen LogP contribution in [0.3, 0.4) is 0 Å². The topological polar surface area (TPSA) is 101 Å². The zero-order chi connectivity index (χ0) is 17.4. The molecule has 0 radical (unpaired) electrons. The molecule has 1 unspecified atom stereocenters. The zero-order valence-electron chi connectivity index (χ0n) is 13.4. The number of hydrogen-bond donors (Lipinski definition) is 2. The summed E-state index contributed by atoms with van der Waals surface area (Å²) < 4.78 is 14.4. The van der Waals surface area contributed by atoms with Gasteiger partial charge in [-0.1, -0.05) is 0 Å². The number of nitrogens with one attached hydrogen (secondary N) is 1. The van der Waals surface area contributed by atoms with Gasteiger partial charge in [-0.2, -0.15) is 5.10 Å². The largest absolute Gasteiger partial charge is 0.369 e. The van der Waals surface area contributed by atoms with Crippen molar-refractivity contribution >= 4 is 22.8 Å². The van der Waals surface area contributed by atoms with Crippen LogP contribution in [0.1, 0.15) is 15.7 Å². The molecule has 25 heavy (non-hydrogen) atoms. The van der Waals surface area contributed by atoms with E-state index < -0.39 is 5.82 Å². The number of fused-ring (bicyclic) bond motifs is 1. The third-order valence-electron chi connectivity index (χ3n) is 4.55. The standard InChI is InChI=1S/C17H17FN6O.2H2/c18-12-5-6-13(24-8-2-3-10(9-24)16(19)25)21-15(12)14-11-4-1-7-20-17(11)23-22-14;;/h1,4-7,10H,2-3,8-9H2,(H2,19,25)(H,20,22,23);2*1H. The second-order valence-corrected chi connectivity index (χ2v) is 6.16. The molecule has 7 nitrogen and oxygen atoms in total. The van der Waals surface area contributed by atoms with E-state index in [1.807, 2.05) is 11.0 Å². The number of nitrogens with two attached hydrogens (primary N) is 1. The summed E-state index contributed by atoms with van der Waals surface area (Å²) in [7, 11) is 0. The fourth-order valence-electron chi connectivity index (χ4n) is 3.23. The summed E-state index contributed by atoms with van der Waals surface area (Å²) in [6.07, 6.45) is 3.25. The second kappa shape index (κ2) is 6.12. The van der Waals surface area contributed by atoms with Gasteiger partial charge in [0.15, 0.2) is 11.5 Å². The van der Waals surface area contributed by atoms with Crippen molar-refractivity contribution in [2.75, 3.05) is 18.0 Å². The number of H-pyrrole nitrogens is 1. The predicted octanol–water partition coefficient (Wildman–Crippen LogP) is 2.35. The fourth-order valence-corrected chi connectivity index (χ4v) is 3.23. The lowest BCUT2D eigenvalue weighted by Gasteiger charge is -2.32. The van der Waals surface area contributed by atoms with Gasteiger partial charge in [0.2, 0.25) is 5.91 Å². The van der Waals surface area contributed by atoms with Crippen LogP contribution in [0.5, 0.6) is 0 Å². The van der Waals surface area contributed by atoms with Gasteiger partial charge in [-0.15, -0.1) is 0 Å². The maximum atomic E-state index is 14.4. The van der Waals surface area contributed by atoms with Gasteiger partial charge in [-0.05, 0) is 37.1 Å². The molecule has 3 aromatic rings. The number of carbonyl (C=O) groups excluding carboxylic acids is 1. The van der Waals surface area contributed by atoms with E-state index >= 15 is 0 Å². The number of primary amides is 1. The highest BCUT2D eigenvalue weighted by Gasteiger charge is 2.25. The van der Waals surface area contributed by atoms with Crippen molar-refractivity contribution in [2.45, 2.75) is 12.8 Å². The molecular weight excluding hydrogens is 323 g/mol. The molecule has 0 spiro atoms. The number of pyridine rings is 2. The van der Waals surface area contributed by atoms with Crippen LogP contribution in [0.2, 0.25) is 0 Å². The Morgan fingerprint density at radius 2 is 2.28 bits per heavy atom. The third kappa shape index (κ3) is 2.79. The SMILES string of the molecule is NC(=O)C1CCCN(c2ccc(F)c(-c3[nH]nc4ncccc34)n2)C1.[HH].[HH]. The van der Waals surface area contributed by atoms with Crippen molar-refractivity contribution < 1.29 is 12.0 Å². The van der Waals surface area contributed by atoms with E-state index in [-0.39, 0.29) is 20.4 Å². The molecule has 1 aliphatic rings. The van der Waals surface area contributed by atoms with Crippen molar-refractivity contribution in [1.82, 2.24) is 20.2 Å². The highest BCUT2D eigenvalue weighted by Crippen LogP contribution is 2.29. The van der Waals surface area contributed by atoms with Gasteiger partial charge in [0, 0.05) is 27.5 Å². The summed E-state index contributed by atoms with van der Waals surface area (Å²) in [4.78, 5) is 22.1. The van der Waals surface area contributed by atoms with E-state index in [1.165, 1.54) is 6.07 Å². The van der Waals surface area contributed by atoms with Gasteiger partial charge in [-0.3, -0.25) is 9.89 Å². The maximum absolute atomic E-state index is 14.4. The number of aromatic nitrogens is 4. The summed E-state index contributed by atoms with van der Waals surface area (Å²) in [6.45, 7) is 1.26. The van der Waals surface area contributed by atoms with Crippen molar-refractivity contribution in [1.29, 1.82) is 0 Å². The summed E-state index contributed by atoms with van der Waals surface area (Å²) in [5.41, 5.74) is 6.63. The van der Waals surface area contributed by atoms with Crippen LogP contribution in [0.25, 0.3) is 22.4 Å². The van der Waals surface area contributed by atoms with E-state index in [0.29, 0.717) is 29.1 Å². The fraction of sp³-hybridized carbons (Fsp3) is 0.294. The van der Waals surface area contributed by atoms with E-state index in [4.69, 9.17) is 5.73 Å². The van der Waals surface area contributed by atoms with Gasteiger partial charge < -0.3 is 10.6 Å². The van der Waals surface area contributed by atoms with E-state index in [2.05, 4.69) is 20.2 Å². The average Bonchev–Trinajstić information content (AvgIpc) is 3.06. The Morgan fingerprint density at radius 3 is 3.12 bits per heavy atom. The van der Waals surface area contributed by atoms with Gasteiger partial charge in [0.1, 0.15) is 11.5 Å². The number of hydrogen-bond acceptors (Lipinski definition) is 5. The molecule has 3 aromatic heterocycles. The number of amides is 1. The molecule has 1 aliphatic heterocycles. The third-order valence-corrected chi connectivity index (χ3v) is 4.55. The van der Waals surface area contributed by atoms with E-state index in [9.17, 15) is 9.18 Å². The lowest BCUT2D eigenvalue weighted by Crippen LogP contribution is -2.41. The Bertz CT molecular complexity index is 950. The van der Waals surface area contributed by atoms with Crippen LogP contribution >= 0.6 is 0 Å². The molecule has 1 amide bonds. The molecule has 1 atom stereocenters. The van der Waals surface area contributed by atoms with Gasteiger partial charge in [-0.25, -0.2) is 14.4 Å². The molecule has 3 N–H and O–H groups in total. The summed E-state index contributed by atoms with van der Waals surface area (Å²) in [6, 6.07) is 6.60. The maximum Gasteiger partial charge on any atom is 0.222 e. The van der Waals surface area contributed by atoms with Crippen molar-refractivity contribution in [3.8, 4) is 11.4 Å². The summed E-state index contributed by atoms with van der Waals surface area (Å²) in [5.74, 6) is -0.338. The highest BCUT2D eigenvalue weighted by atomic mass is 19.1. The Kier molecular flexibility index (Phi) is 3.79. The molecule has 1 saturated heterocycles. The molecule has 0 aliphatic carbocycles. The first kappa shape index (κ1) is 15.5. The van der Waals surface area contributed by atoms with Crippen LogP contribution in [0.4, 0.5) is 10.2 Å². The van der Waals surface area contributed by atoms with Crippen molar-refractivity contribution in [3.63, 3.8) is 0 Å². The van der Waals surface area contributed by atoms with Crippen LogP contribution in [-0.4, -0.2) is 39.2 Å². The monoisotopic (exact) mass is 344 g/mol. The normalized spacial score (nSPS) is 17.8. The predicted molar refractivity (Wildman–Crippen MR) is 95.4 cm³/mol. The van der Waals surface area contributed by atoms with Crippen LogP contribution in [0.15, 0.2) is 30.5 Å². The lowest BCUT2D eigenvalue weighted by molar-refractivity contribution is -0.122. The first-order valence-corrected chi connectivity index (χ1v) is 8.14. The molecule has 4 rings (SSSR count). The van der Waals surface area contributed by atoms with Gasteiger partial charge >= 0.3 is 0 Å². The van der Waals surface area contributed by atoms with Crippen molar-refractivity contribution in [2.24, 2.45) is 11.7 Å². The number of aromatic amines is 1. The minimum absolute atomic E-state index is 0. The minimum Gasteiger partial charge on any atom is -0.369 e. The van der Waals surface area contributed by atoms with Crippen LogP contribution in [-0.2, 0) is 4.79 Å². The number of halogens is 1. The second-order valence-electron chi connectivity index (χ2n) is 6.16. The Balaban J connectivity index is 0.00000131. The van der Waals surface area contributed by atoms with Gasteiger partial charge in [0.25, 0.3) is 0 Å². The number of anilines is 1. The summed E-state index contributed by atoms with van der Waals surface area (Å²) in [5, 5.41) is 7.62. The van der Waals surface area contributed by atoms with Crippen LogP contribution < -0.4 is 10.6 Å². The number of nitrogens with zero attached hydrogens (tertiary/aromatic N) is 4. The van der Waals surface area contributed by atoms with Crippen LogP contribution in [0, 0.1) is 11.7 Å². The molecule has 0 aromatic carbocycles. The number of rotatable bonds is 3. The Labute approximate surface area is 146 Å². The zero-order valence-corrected chi connectivity index (χ0v) is 13.4. The summed E-state index contributed by atoms with van der Waals surface area (Å²) >= 11 is 0. The molecule has 132 valence electrons. The molecule has 0 saturated carbocycles. The van der Waals surface area contributed by atoms with E-state index in [0.717, 1.165) is 19.4 Å². The van der Waals surface area contributed by atoms with E-state index in [1.54, 1.807) is 18.3 Å². The Morgan fingerprint density at radius 1 is 1.40 bits per heavy atom. The highest BCUT2D eigenvalue weighted by molar-refractivity contribution is 5.89. The lowest BCUT2D eigenvalue weighted by atomic mass is 9.97. The average molecular weight is 344 g/mol. The first-order chi connectivity index (χ1) is 12.1. The smallest absolute Gasteiger partial charge is 0.222 e.